The maximum absolute atomic E-state index is 11.8. The fourth-order valence-corrected chi connectivity index (χ4v) is 2.37. The van der Waals surface area contributed by atoms with Crippen LogP contribution in [-0.4, -0.2) is 28.1 Å². The largest absolute Gasteiger partial charge is 0.391 e. The third-order valence-corrected chi connectivity index (χ3v) is 3.47. The number of aryl methyl sites for hydroxylation is 1. The summed E-state index contributed by atoms with van der Waals surface area (Å²) in [5, 5.41) is 12.7. The van der Waals surface area contributed by atoms with Crippen molar-refractivity contribution in [2.45, 2.75) is 50.7 Å². The number of carbonyl (C=O) groups is 1. The molecule has 1 fully saturated rings. The van der Waals surface area contributed by atoms with Crippen LogP contribution < -0.4 is 5.32 Å². The van der Waals surface area contributed by atoms with Gasteiger partial charge in [-0.05, 0) is 37.0 Å². The maximum Gasteiger partial charge on any atom is 0.220 e. The molecule has 2 rings (SSSR count). The number of aliphatic hydroxyl groups excluding tert-OH is 1. The Balaban J connectivity index is 1.75. The molecule has 0 radical (unpaired) electrons. The van der Waals surface area contributed by atoms with E-state index in [0.29, 0.717) is 6.42 Å². The summed E-state index contributed by atoms with van der Waals surface area (Å²) < 4.78 is 0. The van der Waals surface area contributed by atoms with Gasteiger partial charge in [-0.3, -0.25) is 9.78 Å². The monoisotopic (exact) mass is 248 g/mol. The SMILES string of the molecule is O=C(CCc1ccncc1)N[C@H]1CCCC[C@@H]1O. The van der Waals surface area contributed by atoms with Gasteiger partial charge in [0.25, 0.3) is 0 Å². The first-order valence-corrected chi connectivity index (χ1v) is 6.62. The minimum atomic E-state index is -0.372. The van der Waals surface area contributed by atoms with Gasteiger partial charge in [-0.25, -0.2) is 0 Å². The molecule has 0 spiro atoms. The van der Waals surface area contributed by atoms with E-state index in [-0.39, 0.29) is 18.1 Å². The highest BCUT2D eigenvalue weighted by Gasteiger charge is 2.24. The topological polar surface area (TPSA) is 62.2 Å². The predicted octanol–water partition coefficient (Wildman–Crippen LogP) is 1.43. The second-order valence-electron chi connectivity index (χ2n) is 4.88. The zero-order valence-corrected chi connectivity index (χ0v) is 10.5. The number of hydrogen-bond acceptors (Lipinski definition) is 3. The van der Waals surface area contributed by atoms with E-state index in [9.17, 15) is 9.90 Å². The molecule has 98 valence electrons. The summed E-state index contributed by atoms with van der Waals surface area (Å²) in [6.45, 7) is 0. The average Bonchev–Trinajstić information content (AvgIpc) is 2.40. The first-order valence-electron chi connectivity index (χ1n) is 6.62. The first-order chi connectivity index (χ1) is 8.75. The van der Waals surface area contributed by atoms with Gasteiger partial charge in [-0.1, -0.05) is 12.8 Å². The van der Waals surface area contributed by atoms with Crippen LogP contribution >= 0.6 is 0 Å². The molecular weight excluding hydrogens is 228 g/mol. The summed E-state index contributed by atoms with van der Waals surface area (Å²) in [5.41, 5.74) is 1.12. The number of nitrogens with zero attached hydrogens (tertiary/aromatic N) is 1. The lowest BCUT2D eigenvalue weighted by atomic mass is 9.92. The lowest BCUT2D eigenvalue weighted by Crippen LogP contribution is -2.45. The van der Waals surface area contributed by atoms with Crippen LogP contribution in [0.3, 0.4) is 0 Å². The van der Waals surface area contributed by atoms with Gasteiger partial charge in [0.1, 0.15) is 0 Å². The molecule has 18 heavy (non-hydrogen) atoms. The van der Waals surface area contributed by atoms with Crippen LogP contribution in [0.5, 0.6) is 0 Å². The number of carbonyl (C=O) groups excluding carboxylic acids is 1. The predicted molar refractivity (Wildman–Crippen MR) is 69.0 cm³/mol. The molecule has 1 aromatic rings. The number of rotatable bonds is 4. The van der Waals surface area contributed by atoms with Crippen LogP contribution in [-0.2, 0) is 11.2 Å². The fourth-order valence-electron chi connectivity index (χ4n) is 2.37. The van der Waals surface area contributed by atoms with Gasteiger partial charge < -0.3 is 10.4 Å². The van der Waals surface area contributed by atoms with Gasteiger partial charge >= 0.3 is 0 Å². The van der Waals surface area contributed by atoms with Crippen molar-refractivity contribution in [2.24, 2.45) is 0 Å². The Kier molecular flexibility index (Phi) is 4.70. The smallest absolute Gasteiger partial charge is 0.220 e. The molecule has 2 N–H and O–H groups in total. The zero-order valence-electron chi connectivity index (χ0n) is 10.5. The van der Waals surface area contributed by atoms with Gasteiger partial charge in [0.05, 0.1) is 12.1 Å². The molecule has 0 aliphatic heterocycles. The van der Waals surface area contributed by atoms with Gasteiger partial charge in [0, 0.05) is 18.8 Å². The third kappa shape index (κ3) is 3.81. The Labute approximate surface area is 107 Å². The van der Waals surface area contributed by atoms with Crippen molar-refractivity contribution < 1.29 is 9.90 Å². The minimum Gasteiger partial charge on any atom is -0.391 e. The molecule has 1 aliphatic carbocycles. The molecule has 2 atom stereocenters. The van der Waals surface area contributed by atoms with E-state index in [1.807, 2.05) is 12.1 Å². The van der Waals surface area contributed by atoms with Crippen LogP contribution in [0.1, 0.15) is 37.7 Å². The molecule has 4 heteroatoms. The van der Waals surface area contributed by atoms with Crippen molar-refractivity contribution in [3.05, 3.63) is 30.1 Å². The highest BCUT2D eigenvalue weighted by atomic mass is 16.3. The summed E-state index contributed by atoms with van der Waals surface area (Å²) in [4.78, 5) is 15.7. The second-order valence-corrected chi connectivity index (χ2v) is 4.88. The van der Waals surface area contributed by atoms with E-state index >= 15 is 0 Å². The maximum atomic E-state index is 11.8. The summed E-state index contributed by atoms with van der Waals surface area (Å²) >= 11 is 0. The van der Waals surface area contributed by atoms with Crippen LogP contribution in [0.15, 0.2) is 24.5 Å². The van der Waals surface area contributed by atoms with Crippen LogP contribution in [0.2, 0.25) is 0 Å². The molecule has 4 nitrogen and oxygen atoms in total. The Morgan fingerprint density at radius 2 is 2.06 bits per heavy atom. The zero-order chi connectivity index (χ0) is 12.8. The lowest BCUT2D eigenvalue weighted by Gasteiger charge is -2.28. The van der Waals surface area contributed by atoms with Crippen LogP contribution in [0, 0.1) is 0 Å². The molecule has 0 aromatic carbocycles. The Morgan fingerprint density at radius 3 is 2.78 bits per heavy atom. The molecule has 0 saturated heterocycles. The van der Waals surface area contributed by atoms with E-state index in [1.165, 1.54) is 0 Å². The molecule has 0 bridgehead atoms. The molecule has 1 aromatic heterocycles. The lowest BCUT2D eigenvalue weighted by molar-refractivity contribution is -0.123. The van der Waals surface area contributed by atoms with Crippen LogP contribution in [0.25, 0.3) is 0 Å². The number of pyridine rings is 1. The van der Waals surface area contributed by atoms with Gasteiger partial charge in [0.15, 0.2) is 0 Å². The van der Waals surface area contributed by atoms with Crippen LogP contribution in [0.4, 0.5) is 0 Å². The van der Waals surface area contributed by atoms with Crippen molar-refractivity contribution >= 4 is 5.91 Å². The number of amides is 1. The average molecular weight is 248 g/mol. The highest BCUT2D eigenvalue weighted by molar-refractivity contribution is 5.76. The summed E-state index contributed by atoms with van der Waals surface area (Å²) in [5.74, 6) is 0.0257. The normalized spacial score (nSPS) is 23.6. The van der Waals surface area contributed by atoms with E-state index in [4.69, 9.17) is 0 Å². The first kappa shape index (κ1) is 13.0. The minimum absolute atomic E-state index is 0.0257. The van der Waals surface area contributed by atoms with E-state index in [2.05, 4.69) is 10.3 Å². The highest BCUT2D eigenvalue weighted by Crippen LogP contribution is 2.18. The van der Waals surface area contributed by atoms with Gasteiger partial charge in [-0.2, -0.15) is 0 Å². The van der Waals surface area contributed by atoms with Gasteiger partial charge in [-0.15, -0.1) is 0 Å². The fraction of sp³-hybridized carbons (Fsp3) is 0.571. The number of aromatic nitrogens is 1. The molecule has 0 unspecified atom stereocenters. The molecular formula is C14H20N2O2. The van der Waals surface area contributed by atoms with Crippen molar-refractivity contribution in [3.63, 3.8) is 0 Å². The van der Waals surface area contributed by atoms with Gasteiger partial charge in [0.2, 0.25) is 5.91 Å². The summed E-state index contributed by atoms with van der Waals surface area (Å²) in [6.07, 6.45) is 8.12. The van der Waals surface area contributed by atoms with E-state index in [1.54, 1.807) is 12.4 Å². The second kappa shape index (κ2) is 6.50. The molecule has 1 saturated carbocycles. The Hall–Kier alpha value is -1.42. The molecule has 1 heterocycles. The number of nitrogens with one attached hydrogen (secondary N) is 1. The summed E-state index contributed by atoms with van der Waals surface area (Å²) in [7, 11) is 0. The van der Waals surface area contributed by atoms with Crippen molar-refractivity contribution in [1.82, 2.24) is 10.3 Å². The molecule has 1 amide bonds. The Bertz CT molecular complexity index is 381. The summed E-state index contributed by atoms with van der Waals surface area (Å²) in [6, 6.07) is 3.79. The molecule has 1 aliphatic rings. The van der Waals surface area contributed by atoms with E-state index in [0.717, 1.165) is 37.7 Å². The van der Waals surface area contributed by atoms with Crippen molar-refractivity contribution in [2.75, 3.05) is 0 Å². The number of hydrogen-bond donors (Lipinski definition) is 2. The quantitative estimate of drug-likeness (QED) is 0.847. The Morgan fingerprint density at radius 1 is 1.33 bits per heavy atom. The standard InChI is InChI=1S/C14H20N2O2/c17-13-4-2-1-3-12(13)16-14(18)6-5-11-7-9-15-10-8-11/h7-10,12-13,17H,1-6H2,(H,16,18)/t12-,13-/m0/s1. The van der Waals surface area contributed by atoms with E-state index < -0.39 is 0 Å². The van der Waals surface area contributed by atoms with Crippen molar-refractivity contribution in [1.29, 1.82) is 0 Å². The van der Waals surface area contributed by atoms with Crippen molar-refractivity contribution in [3.8, 4) is 0 Å². The third-order valence-electron chi connectivity index (χ3n) is 3.47. The number of aliphatic hydroxyl groups is 1.